The zero-order valence-electron chi connectivity index (χ0n) is 7.33. The van der Waals surface area contributed by atoms with E-state index in [-0.39, 0.29) is 0 Å². The molecule has 1 heterocycles. The highest BCUT2D eigenvalue weighted by molar-refractivity contribution is 14.1. The number of aliphatic hydroxyl groups is 2. The molecule has 5 unspecified atom stereocenters. The smallest absolute Gasteiger partial charge is 0.334 e. The molecule has 5 atom stereocenters. The molecule has 6 nitrogen and oxygen atoms in total. The molecule has 0 spiro atoms. The van der Waals surface area contributed by atoms with Crippen LogP contribution in [0.5, 0.6) is 0 Å². The number of carbonyl (C=O) groups is 1. The van der Waals surface area contributed by atoms with Gasteiger partial charge in [0.1, 0.15) is 6.10 Å². The van der Waals surface area contributed by atoms with Crippen molar-refractivity contribution in [3.63, 3.8) is 0 Å². The Balaban J connectivity index is 2.78. The van der Waals surface area contributed by atoms with Gasteiger partial charge >= 0.3 is 5.97 Å². The van der Waals surface area contributed by atoms with Gasteiger partial charge in [0.2, 0.25) is 0 Å². The lowest BCUT2D eigenvalue weighted by molar-refractivity contribution is -0.253. The van der Waals surface area contributed by atoms with Crippen LogP contribution in [0.15, 0.2) is 0 Å². The van der Waals surface area contributed by atoms with Gasteiger partial charge in [-0.2, -0.15) is 0 Å². The summed E-state index contributed by atoms with van der Waals surface area (Å²) in [7, 11) is 1.27. The lowest BCUT2D eigenvalue weighted by atomic mass is 10.0. The molecular weight excluding hydrogens is 307 g/mol. The minimum atomic E-state index is -1.22. The molecule has 0 saturated carbocycles. The van der Waals surface area contributed by atoms with Gasteiger partial charge in [-0.15, -0.1) is 0 Å². The minimum absolute atomic E-state index is 0.702. The summed E-state index contributed by atoms with van der Waals surface area (Å²) in [6.07, 6.45) is -4.66. The second-order valence-electron chi connectivity index (χ2n) is 2.92. The predicted octanol–water partition coefficient (Wildman–Crippen LogP) is -1.03. The van der Waals surface area contributed by atoms with Gasteiger partial charge in [-0.05, 0) is 0 Å². The normalized spacial score (nSPS) is 43.6. The Morgan fingerprint density at radius 2 is 2.00 bits per heavy atom. The van der Waals surface area contributed by atoms with Crippen molar-refractivity contribution in [2.24, 2.45) is 0 Å². The molecule has 82 valence electrons. The van der Waals surface area contributed by atoms with E-state index in [2.05, 4.69) is 0 Å². The number of alkyl halides is 1. The van der Waals surface area contributed by atoms with Crippen molar-refractivity contribution in [2.75, 3.05) is 7.11 Å². The third-order valence-electron chi connectivity index (χ3n) is 2.00. The van der Waals surface area contributed by atoms with Gasteiger partial charge in [0.05, 0.1) is 10.0 Å². The Hall–Kier alpha value is 0.0400. The number of carboxylic acid groups (broad SMARTS) is 1. The number of ether oxygens (including phenoxy) is 2. The fourth-order valence-corrected chi connectivity index (χ4v) is 2.12. The first-order valence-electron chi connectivity index (χ1n) is 3.90. The molecule has 0 aliphatic carbocycles. The van der Waals surface area contributed by atoms with Crippen LogP contribution in [0.25, 0.3) is 0 Å². The molecule has 7 heteroatoms. The zero-order chi connectivity index (χ0) is 10.9. The first kappa shape index (κ1) is 12.1. The van der Waals surface area contributed by atoms with Crippen molar-refractivity contribution >= 4 is 28.6 Å². The fraction of sp³-hybridized carbons (Fsp3) is 0.857. The number of hydrogen-bond acceptors (Lipinski definition) is 5. The van der Waals surface area contributed by atoms with E-state index < -0.39 is 34.5 Å². The first-order valence-corrected chi connectivity index (χ1v) is 5.15. The molecule has 1 aliphatic rings. The maximum absolute atomic E-state index is 10.7. The quantitative estimate of drug-likeness (QED) is 0.445. The van der Waals surface area contributed by atoms with Crippen molar-refractivity contribution in [3.8, 4) is 0 Å². The summed E-state index contributed by atoms with van der Waals surface area (Å²) >= 11 is 1.73. The Kier molecular flexibility index (Phi) is 4.07. The summed E-state index contributed by atoms with van der Waals surface area (Å²) in [6, 6.07) is 0. The number of aliphatic carboxylic acids is 1. The lowest BCUT2D eigenvalue weighted by Gasteiger charge is -2.37. The number of halogens is 1. The molecule has 3 N–H and O–H groups in total. The average Bonchev–Trinajstić information content (AvgIpc) is 2.14. The minimum Gasteiger partial charge on any atom is -0.479 e. The van der Waals surface area contributed by atoms with Gasteiger partial charge in [-0.25, -0.2) is 4.79 Å². The second kappa shape index (κ2) is 4.71. The van der Waals surface area contributed by atoms with Crippen LogP contribution in [-0.2, 0) is 14.3 Å². The van der Waals surface area contributed by atoms with Gasteiger partial charge < -0.3 is 24.8 Å². The number of aliphatic hydroxyl groups excluding tert-OH is 2. The van der Waals surface area contributed by atoms with Crippen LogP contribution in [0.1, 0.15) is 0 Å². The van der Waals surface area contributed by atoms with E-state index in [9.17, 15) is 15.0 Å². The number of hydrogen-bond donors (Lipinski definition) is 3. The maximum Gasteiger partial charge on any atom is 0.334 e. The van der Waals surface area contributed by atoms with Crippen LogP contribution < -0.4 is 0 Å². The number of methoxy groups -OCH3 is 1. The molecule has 0 aromatic carbocycles. The van der Waals surface area contributed by atoms with E-state index in [1.807, 2.05) is 0 Å². The van der Waals surface area contributed by atoms with Crippen LogP contribution in [0, 0.1) is 0 Å². The van der Waals surface area contributed by atoms with Gasteiger partial charge in [0.15, 0.2) is 12.4 Å². The highest BCUT2D eigenvalue weighted by Gasteiger charge is 2.46. The largest absolute Gasteiger partial charge is 0.479 e. The van der Waals surface area contributed by atoms with Crippen molar-refractivity contribution in [2.45, 2.75) is 28.5 Å². The molecule has 1 rings (SSSR count). The molecule has 1 fully saturated rings. The summed E-state index contributed by atoms with van der Waals surface area (Å²) in [5.41, 5.74) is 0. The van der Waals surface area contributed by atoms with Gasteiger partial charge in [-0.3, -0.25) is 0 Å². The predicted molar refractivity (Wildman–Crippen MR) is 53.1 cm³/mol. The van der Waals surface area contributed by atoms with Crippen LogP contribution in [0.2, 0.25) is 0 Å². The van der Waals surface area contributed by atoms with Crippen molar-refractivity contribution in [1.82, 2.24) is 0 Å². The Bertz CT molecular complexity index is 220. The van der Waals surface area contributed by atoms with Crippen LogP contribution in [0.4, 0.5) is 0 Å². The molecule has 0 aromatic heterocycles. The molecule has 0 amide bonds. The molecule has 0 aromatic rings. The Morgan fingerprint density at radius 1 is 1.43 bits per heavy atom. The summed E-state index contributed by atoms with van der Waals surface area (Å²) < 4.78 is 8.95. The molecule has 14 heavy (non-hydrogen) atoms. The monoisotopic (exact) mass is 318 g/mol. The van der Waals surface area contributed by atoms with E-state index >= 15 is 0 Å². The van der Waals surface area contributed by atoms with Crippen LogP contribution >= 0.6 is 22.6 Å². The van der Waals surface area contributed by atoms with Crippen molar-refractivity contribution < 1.29 is 29.6 Å². The van der Waals surface area contributed by atoms with Gasteiger partial charge in [-0.1, -0.05) is 22.6 Å². The second-order valence-corrected chi connectivity index (χ2v) is 4.36. The number of carboxylic acids is 1. The van der Waals surface area contributed by atoms with Crippen LogP contribution in [-0.4, -0.2) is 56.9 Å². The third-order valence-corrected chi connectivity index (χ3v) is 3.39. The van der Waals surface area contributed by atoms with Crippen molar-refractivity contribution in [1.29, 1.82) is 0 Å². The van der Waals surface area contributed by atoms with E-state index in [4.69, 9.17) is 14.6 Å². The Labute approximate surface area is 94.0 Å². The molecule has 0 bridgehead atoms. The lowest BCUT2D eigenvalue weighted by Crippen LogP contribution is -2.57. The molecule has 1 aliphatic heterocycles. The Morgan fingerprint density at radius 3 is 2.43 bits per heavy atom. The third kappa shape index (κ3) is 2.16. The van der Waals surface area contributed by atoms with E-state index in [0.717, 1.165) is 0 Å². The molecular formula is C7H11IO6. The van der Waals surface area contributed by atoms with Gasteiger partial charge in [0.25, 0.3) is 0 Å². The average molecular weight is 318 g/mol. The highest BCUT2D eigenvalue weighted by atomic mass is 127. The zero-order valence-corrected chi connectivity index (χ0v) is 9.49. The van der Waals surface area contributed by atoms with E-state index in [0.29, 0.717) is 0 Å². The van der Waals surface area contributed by atoms with Gasteiger partial charge in [0, 0.05) is 7.11 Å². The highest BCUT2D eigenvalue weighted by Crippen LogP contribution is 2.27. The maximum atomic E-state index is 10.7. The molecule has 0 radical (unpaired) electrons. The van der Waals surface area contributed by atoms with Crippen LogP contribution in [0.3, 0.4) is 0 Å². The summed E-state index contributed by atoms with van der Waals surface area (Å²) in [6.45, 7) is 0. The van der Waals surface area contributed by atoms with E-state index in [1.165, 1.54) is 7.11 Å². The summed E-state index contributed by atoms with van der Waals surface area (Å²) in [5.74, 6) is -1.18. The number of rotatable bonds is 2. The molecule has 1 saturated heterocycles. The van der Waals surface area contributed by atoms with E-state index in [1.54, 1.807) is 22.6 Å². The SMILES string of the molecule is COC1OC(C(=O)O)C(I)C(O)C1O. The fourth-order valence-electron chi connectivity index (χ4n) is 1.22. The topological polar surface area (TPSA) is 96.2 Å². The summed E-state index contributed by atoms with van der Waals surface area (Å²) in [4.78, 5) is 10.7. The summed E-state index contributed by atoms with van der Waals surface area (Å²) in [5, 5.41) is 27.6. The van der Waals surface area contributed by atoms with Crippen molar-refractivity contribution in [3.05, 3.63) is 0 Å². The standard InChI is InChI=1S/C7H11IO6/c1-13-7-4(10)3(9)2(8)5(14-7)6(11)12/h2-5,7,9-10H,1H3,(H,11,12). The first-order chi connectivity index (χ1) is 6.49.